The van der Waals surface area contributed by atoms with Crippen molar-refractivity contribution < 1.29 is 9.59 Å². The van der Waals surface area contributed by atoms with Gasteiger partial charge in [-0.25, -0.2) is 9.78 Å². The number of carbonyl (C=O) groups excluding carboxylic acids is 2. The van der Waals surface area contributed by atoms with E-state index in [0.29, 0.717) is 11.7 Å². The third kappa shape index (κ3) is 5.16. The number of hydrogen-bond donors (Lipinski definition) is 3. The summed E-state index contributed by atoms with van der Waals surface area (Å²) in [5.74, 6) is -0.145. The molecule has 1 aromatic heterocycles. The number of aryl methyl sites for hydroxylation is 1. The first-order chi connectivity index (χ1) is 12.1. The van der Waals surface area contributed by atoms with Crippen LogP contribution in [0.15, 0.2) is 18.2 Å². The van der Waals surface area contributed by atoms with Crippen LogP contribution < -0.4 is 16.0 Å². The maximum Gasteiger partial charge on any atom is 0.315 e. The van der Waals surface area contributed by atoms with Crippen LogP contribution in [0.25, 0.3) is 10.2 Å². The van der Waals surface area contributed by atoms with Gasteiger partial charge in [-0.3, -0.25) is 4.79 Å². The zero-order valence-corrected chi connectivity index (χ0v) is 15.2. The van der Waals surface area contributed by atoms with E-state index < -0.39 is 0 Å². The highest BCUT2D eigenvalue weighted by molar-refractivity contribution is 7.22. The molecule has 2 aromatic rings. The number of fused-ring (bicyclic) bond motifs is 1. The predicted molar refractivity (Wildman–Crippen MR) is 101 cm³/mol. The van der Waals surface area contributed by atoms with Gasteiger partial charge in [0.15, 0.2) is 5.13 Å². The maximum atomic E-state index is 12.0. The van der Waals surface area contributed by atoms with E-state index in [4.69, 9.17) is 0 Å². The third-order valence-electron chi connectivity index (χ3n) is 4.37. The van der Waals surface area contributed by atoms with Gasteiger partial charge in [0.25, 0.3) is 0 Å². The van der Waals surface area contributed by atoms with E-state index in [-0.39, 0.29) is 24.4 Å². The highest BCUT2D eigenvalue weighted by Gasteiger charge is 2.15. The number of rotatable bonds is 5. The monoisotopic (exact) mass is 360 g/mol. The molecule has 0 aliphatic heterocycles. The number of hydrogen-bond acceptors (Lipinski definition) is 4. The second-order valence-electron chi connectivity index (χ2n) is 6.52. The molecule has 0 bridgehead atoms. The number of urea groups is 1. The van der Waals surface area contributed by atoms with Crippen LogP contribution in [0.2, 0.25) is 0 Å². The first-order valence-electron chi connectivity index (χ1n) is 8.81. The molecule has 0 radical (unpaired) electrons. The summed E-state index contributed by atoms with van der Waals surface area (Å²) in [6.45, 7) is 2.34. The molecule has 0 unspecified atom stereocenters. The Balaban J connectivity index is 1.40. The maximum absolute atomic E-state index is 12.0. The van der Waals surface area contributed by atoms with E-state index in [1.165, 1.54) is 36.2 Å². The summed E-state index contributed by atoms with van der Waals surface area (Å²) >= 11 is 1.46. The predicted octanol–water partition coefficient (Wildman–Crippen LogP) is 3.57. The van der Waals surface area contributed by atoms with Crippen molar-refractivity contribution in [3.63, 3.8) is 0 Å². The van der Waals surface area contributed by atoms with E-state index in [9.17, 15) is 9.59 Å². The molecule has 1 aromatic carbocycles. The van der Waals surface area contributed by atoms with Crippen LogP contribution in [-0.2, 0) is 4.79 Å². The Hall–Kier alpha value is -2.15. The fourth-order valence-corrected chi connectivity index (χ4v) is 4.02. The number of amides is 3. The molecule has 1 aliphatic carbocycles. The van der Waals surface area contributed by atoms with Crippen molar-refractivity contribution in [3.05, 3.63) is 23.8 Å². The molecule has 3 rings (SSSR count). The second-order valence-corrected chi connectivity index (χ2v) is 7.55. The summed E-state index contributed by atoms with van der Waals surface area (Å²) in [6.07, 6.45) is 5.93. The fourth-order valence-electron chi connectivity index (χ4n) is 3.04. The summed E-state index contributed by atoms with van der Waals surface area (Å²) in [5, 5.41) is 9.12. The van der Waals surface area contributed by atoms with Crippen molar-refractivity contribution >= 4 is 38.6 Å². The quantitative estimate of drug-likeness (QED) is 0.762. The number of aromatic nitrogens is 1. The van der Waals surface area contributed by atoms with Gasteiger partial charge in [0, 0.05) is 19.0 Å². The number of carbonyl (C=O) groups is 2. The van der Waals surface area contributed by atoms with E-state index in [1.54, 1.807) is 0 Å². The minimum Gasteiger partial charge on any atom is -0.338 e. The molecule has 1 saturated carbocycles. The van der Waals surface area contributed by atoms with Crippen molar-refractivity contribution in [1.29, 1.82) is 0 Å². The Morgan fingerprint density at radius 3 is 2.84 bits per heavy atom. The van der Waals surface area contributed by atoms with Gasteiger partial charge in [-0.05, 0) is 37.5 Å². The van der Waals surface area contributed by atoms with Crippen LogP contribution >= 0.6 is 11.3 Å². The first kappa shape index (κ1) is 17.7. The van der Waals surface area contributed by atoms with Crippen LogP contribution in [0.1, 0.15) is 44.1 Å². The minimum absolute atomic E-state index is 0.145. The molecule has 3 amide bonds. The van der Waals surface area contributed by atoms with Crippen LogP contribution in [0.4, 0.5) is 9.93 Å². The Morgan fingerprint density at radius 1 is 1.24 bits per heavy atom. The number of nitrogens with zero attached hydrogens (tertiary/aromatic N) is 1. The number of anilines is 1. The van der Waals surface area contributed by atoms with Crippen LogP contribution in [0.3, 0.4) is 0 Å². The summed E-state index contributed by atoms with van der Waals surface area (Å²) in [6, 6.07) is 6.10. The van der Waals surface area contributed by atoms with E-state index >= 15 is 0 Å². The van der Waals surface area contributed by atoms with E-state index in [0.717, 1.165) is 23.1 Å². The summed E-state index contributed by atoms with van der Waals surface area (Å²) in [4.78, 5) is 28.2. The lowest BCUT2D eigenvalue weighted by Crippen LogP contribution is -2.43. The SMILES string of the molecule is Cc1ccc2nc(NC(=O)CCNC(=O)NC3CCCCC3)sc2c1. The Kier molecular flexibility index (Phi) is 5.86. The smallest absolute Gasteiger partial charge is 0.315 e. The van der Waals surface area contributed by atoms with Gasteiger partial charge < -0.3 is 16.0 Å². The molecule has 1 aliphatic rings. The molecule has 7 heteroatoms. The topological polar surface area (TPSA) is 83.1 Å². The molecular weight excluding hydrogens is 336 g/mol. The third-order valence-corrected chi connectivity index (χ3v) is 5.30. The van der Waals surface area contributed by atoms with Crippen molar-refractivity contribution in [3.8, 4) is 0 Å². The molecule has 0 atom stereocenters. The lowest BCUT2D eigenvalue weighted by atomic mass is 9.96. The van der Waals surface area contributed by atoms with Gasteiger partial charge in [-0.2, -0.15) is 0 Å². The summed E-state index contributed by atoms with van der Waals surface area (Å²) in [5.41, 5.74) is 2.05. The van der Waals surface area contributed by atoms with Crippen molar-refractivity contribution in [2.45, 2.75) is 51.5 Å². The molecule has 134 valence electrons. The highest BCUT2D eigenvalue weighted by Crippen LogP contribution is 2.26. The van der Waals surface area contributed by atoms with Crippen molar-refractivity contribution in [2.24, 2.45) is 0 Å². The lowest BCUT2D eigenvalue weighted by molar-refractivity contribution is -0.116. The van der Waals surface area contributed by atoms with Gasteiger partial charge in [-0.1, -0.05) is 36.7 Å². The standard InChI is InChI=1S/C18H24N4O2S/c1-12-7-8-14-15(11-12)25-18(21-14)22-16(23)9-10-19-17(24)20-13-5-3-2-4-6-13/h7-8,11,13H,2-6,9-10H2,1H3,(H2,19,20,24)(H,21,22,23). The number of thiazole rings is 1. The number of benzene rings is 1. The van der Waals surface area contributed by atoms with Crippen LogP contribution in [-0.4, -0.2) is 29.5 Å². The van der Waals surface area contributed by atoms with E-state index in [1.807, 2.05) is 19.1 Å². The van der Waals surface area contributed by atoms with Crippen molar-refractivity contribution in [1.82, 2.24) is 15.6 Å². The minimum atomic E-state index is -0.185. The highest BCUT2D eigenvalue weighted by atomic mass is 32.1. The van der Waals surface area contributed by atoms with Gasteiger partial charge in [0.2, 0.25) is 5.91 Å². The average molecular weight is 360 g/mol. The Morgan fingerprint density at radius 2 is 2.04 bits per heavy atom. The molecule has 25 heavy (non-hydrogen) atoms. The van der Waals surface area contributed by atoms with Gasteiger partial charge in [0.1, 0.15) is 0 Å². The molecule has 1 fully saturated rings. The molecule has 6 nitrogen and oxygen atoms in total. The lowest BCUT2D eigenvalue weighted by Gasteiger charge is -2.22. The van der Waals surface area contributed by atoms with Crippen LogP contribution in [0, 0.1) is 6.92 Å². The van der Waals surface area contributed by atoms with Gasteiger partial charge in [0.05, 0.1) is 10.2 Å². The average Bonchev–Trinajstić information content (AvgIpc) is 2.96. The largest absolute Gasteiger partial charge is 0.338 e. The molecule has 3 N–H and O–H groups in total. The summed E-state index contributed by atoms with van der Waals surface area (Å²) in [7, 11) is 0. The first-order valence-corrected chi connectivity index (χ1v) is 9.63. The van der Waals surface area contributed by atoms with Gasteiger partial charge in [-0.15, -0.1) is 0 Å². The van der Waals surface area contributed by atoms with Crippen molar-refractivity contribution in [2.75, 3.05) is 11.9 Å². The summed E-state index contributed by atoms with van der Waals surface area (Å²) < 4.78 is 1.06. The zero-order chi connectivity index (χ0) is 17.6. The Labute approximate surface area is 151 Å². The normalized spacial score (nSPS) is 15.1. The molecule has 1 heterocycles. The second kappa shape index (κ2) is 8.29. The molecular formula is C18H24N4O2S. The van der Waals surface area contributed by atoms with Crippen LogP contribution in [0.5, 0.6) is 0 Å². The molecule has 0 spiro atoms. The van der Waals surface area contributed by atoms with Gasteiger partial charge >= 0.3 is 6.03 Å². The fraction of sp³-hybridized carbons (Fsp3) is 0.500. The number of nitrogens with one attached hydrogen (secondary N) is 3. The zero-order valence-electron chi connectivity index (χ0n) is 14.4. The molecule has 0 saturated heterocycles. The van der Waals surface area contributed by atoms with E-state index in [2.05, 4.69) is 27.0 Å². The Bertz CT molecular complexity index is 753.